The number of carbonyl (C=O) groups excluding carboxylic acids is 1. The smallest absolute Gasteiger partial charge is 0.407 e. The van der Waals surface area contributed by atoms with Crippen LogP contribution >= 0.6 is 0 Å². The van der Waals surface area contributed by atoms with Gasteiger partial charge in [0.25, 0.3) is 0 Å². The van der Waals surface area contributed by atoms with E-state index in [0.29, 0.717) is 17.5 Å². The molecule has 6 nitrogen and oxygen atoms in total. The molecule has 29 heavy (non-hydrogen) atoms. The van der Waals surface area contributed by atoms with Crippen LogP contribution in [0, 0.1) is 5.82 Å². The predicted octanol–water partition coefficient (Wildman–Crippen LogP) is 4.19. The minimum Gasteiger partial charge on any atom is -0.453 e. The second-order valence-electron chi connectivity index (χ2n) is 8.31. The second kappa shape index (κ2) is 7.06. The lowest BCUT2D eigenvalue weighted by Gasteiger charge is -2.22. The molecule has 7 heteroatoms. The molecule has 1 N–H and O–H groups in total. The molecule has 1 aliphatic heterocycles. The van der Waals surface area contributed by atoms with E-state index in [-0.39, 0.29) is 22.4 Å². The molecule has 1 aliphatic rings. The Morgan fingerprint density at radius 2 is 2.03 bits per heavy atom. The van der Waals surface area contributed by atoms with Crippen molar-refractivity contribution in [2.24, 2.45) is 0 Å². The number of nitrogens with one attached hydrogen (secondary N) is 1. The van der Waals surface area contributed by atoms with Gasteiger partial charge in [0, 0.05) is 24.8 Å². The second-order valence-corrected chi connectivity index (χ2v) is 8.31. The van der Waals surface area contributed by atoms with E-state index in [1.165, 1.54) is 12.1 Å². The number of hydrogen-bond acceptors (Lipinski definition) is 5. The Labute approximate surface area is 167 Å². The summed E-state index contributed by atoms with van der Waals surface area (Å²) >= 11 is 0. The fraction of sp³-hybridized carbons (Fsp3) is 0.364. The van der Waals surface area contributed by atoms with Gasteiger partial charge in [-0.2, -0.15) is 0 Å². The highest BCUT2D eigenvalue weighted by atomic mass is 19.1. The zero-order valence-electron chi connectivity index (χ0n) is 16.6. The van der Waals surface area contributed by atoms with Gasteiger partial charge in [-0.1, -0.05) is 6.07 Å². The van der Waals surface area contributed by atoms with E-state index >= 15 is 0 Å². The van der Waals surface area contributed by atoms with E-state index in [9.17, 15) is 14.0 Å². The van der Waals surface area contributed by atoms with Crippen molar-refractivity contribution < 1.29 is 18.3 Å². The molecule has 0 radical (unpaired) electrons. The summed E-state index contributed by atoms with van der Waals surface area (Å²) in [5.41, 5.74) is 0.362. The van der Waals surface area contributed by atoms with Crippen LogP contribution in [0.25, 0.3) is 21.9 Å². The maximum atomic E-state index is 14.1. The highest BCUT2D eigenvalue weighted by Crippen LogP contribution is 2.27. The average molecular weight is 398 g/mol. The standard InChI is InChI=1S/C22H23FN2O4/c1-22(2,3)29-21(27)24-13-9-10-25(12-13)14-7-8-15-18(11-14)28-20-16(19(15)26)5-4-6-17(20)23/h4-8,11,13H,9-10,12H2,1-3H3,(H,24,27)/t13-/m1/s1. The molecular formula is C22H23FN2O4. The van der Waals surface area contributed by atoms with Crippen molar-refractivity contribution in [3.63, 3.8) is 0 Å². The topological polar surface area (TPSA) is 71.8 Å². The van der Waals surface area contributed by atoms with Gasteiger partial charge in [0.15, 0.2) is 11.4 Å². The summed E-state index contributed by atoms with van der Waals surface area (Å²) in [5, 5.41) is 3.53. The maximum absolute atomic E-state index is 14.1. The molecular weight excluding hydrogens is 375 g/mol. The minimum absolute atomic E-state index is 0.0342. The van der Waals surface area contributed by atoms with Crippen LogP contribution in [0.2, 0.25) is 0 Å². The first kappa shape index (κ1) is 19.2. The first-order valence-corrected chi connectivity index (χ1v) is 9.61. The first-order valence-electron chi connectivity index (χ1n) is 9.61. The Morgan fingerprint density at radius 3 is 2.79 bits per heavy atom. The summed E-state index contributed by atoms with van der Waals surface area (Å²) in [6, 6.07) is 9.59. The summed E-state index contributed by atoms with van der Waals surface area (Å²) in [4.78, 5) is 26.7. The fourth-order valence-electron chi connectivity index (χ4n) is 3.61. The predicted molar refractivity (Wildman–Crippen MR) is 110 cm³/mol. The minimum atomic E-state index is -0.560. The molecule has 0 unspecified atom stereocenters. The quantitative estimate of drug-likeness (QED) is 0.656. The highest BCUT2D eigenvalue weighted by molar-refractivity contribution is 5.91. The van der Waals surface area contributed by atoms with Crippen molar-refractivity contribution in [2.75, 3.05) is 18.0 Å². The third-order valence-corrected chi connectivity index (χ3v) is 4.91. The zero-order chi connectivity index (χ0) is 20.8. The van der Waals surface area contributed by atoms with Crippen molar-refractivity contribution >= 4 is 33.7 Å². The van der Waals surface area contributed by atoms with Gasteiger partial charge in [0.1, 0.15) is 11.2 Å². The van der Waals surface area contributed by atoms with Gasteiger partial charge in [-0.15, -0.1) is 0 Å². The van der Waals surface area contributed by atoms with Gasteiger partial charge >= 0.3 is 6.09 Å². The van der Waals surface area contributed by atoms with Gasteiger partial charge in [0.05, 0.1) is 16.8 Å². The Kier molecular flexibility index (Phi) is 4.68. The van der Waals surface area contributed by atoms with Gasteiger partial charge < -0.3 is 19.4 Å². The lowest BCUT2D eigenvalue weighted by Crippen LogP contribution is -2.40. The molecule has 3 aromatic rings. The number of alkyl carbamates (subject to hydrolysis) is 1. The maximum Gasteiger partial charge on any atom is 0.407 e. The van der Waals surface area contributed by atoms with Gasteiger partial charge in [-0.05, 0) is 51.5 Å². The molecule has 0 bridgehead atoms. The number of para-hydroxylation sites is 1. The molecule has 0 aliphatic carbocycles. The average Bonchev–Trinajstić information content (AvgIpc) is 3.09. The molecule has 0 spiro atoms. The van der Waals surface area contributed by atoms with Crippen LogP contribution in [-0.4, -0.2) is 30.8 Å². The van der Waals surface area contributed by atoms with Crippen molar-refractivity contribution in [2.45, 2.75) is 38.8 Å². The SMILES string of the molecule is CC(C)(C)OC(=O)N[C@@H]1CCN(c2ccc3c(=O)c4cccc(F)c4oc3c2)C1. The van der Waals surface area contributed by atoms with Crippen molar-refractivity contribution in [1.29, 1.82) is 0 Å². The molecule has 2 heterocycles. The largest absolute Gasteiger partial charge is 0.453 e. The van der Waals surface area contributed by atoms with Gasteiger partial charge in [0.2, 0.25) is 5.43 Å². The van der Waals surface area contributed by atoms with E-state index in [4.69, 9.17) is 9.15 Å². The molecule has 152 valence electrons. The lowest BCUT2D eigenvalue weighted by atomic mass is 10.1. The normalized spacial score (nSPS) is 17.1. The van der Waals surface area contributed by atoms with E-state index in [1.54, 1.807) is 18.2 Å². The molecule has 1 amide bonds. The number of anilines is 1. The third-order valence-electron chi connectivity index (χ3n) is 4.91. The third kappa shape index (κ3) is 3.90. The Hall–Kier alpha value is -3.09. The van der Waals surface area contributed by atoms with Crippen LogP contribution in [0.15, 0.2) is 45.6 Å². The van der Waals surface area contributed by atoms with Crippen LogP contribution in [0.1, 0.15) is 27.2 Å². The molecule has 1 aromatic heterocycles. The number of amides is 1. The van der Waals surface area contributed by atoms with E-state index in [1.807, 2.05) is 26.8 Å². The monoisotopic (exact) mass is 398 g/mol. The number of ether oxygens (including phenoxy) is 1. The van der Waals surface area contributed by atoms with Crippen molar-refractivity contribution in [1.82, 2.24) is 5.32 Å². The van der Waals surface area contributed by atoms with Crippen molar-refractivity contribution in [3.8, 4) is 0 Å². The molecule has 1 saturated heterocycles. The first-order chi connectivity index (χ1) is 13.7. The summed E-state index contributed by atoms with van der Waals surface area (Å²) in [5.74, 6) is -0.560. The van der Waals surface area contributed by atoms with Crippen LogP contribution in [0.4, 0.5) is 14.9 Å². The van der Waals surface area contributed by atoms with E-state index < -0.39 is 17.5 Å². The number of fused-ring (bicyclic) bond motifs is 2. The number of benzene rings is 2. The number of hydrogen-bond donors (Lipinski definition) is 1. The zero-order valence-corrected chi connectivity index (χ0v) is 16.6. The highest BCUT2D eigenvalue weighted by Gasteiger charge is 2.26. The Morgan fingerprint density at radius 1 is 1.24 bits per heavy atom. The van der Waals surface area contributed by atoms with Gasteiger partial charge in [-0.25, -0.2) is 9.18 Å². The molecule has 4 rings (SSSR count). The Balaban J connectivity index is 1.57. The van der Waals surface area contributed by atoms with Crippen LogP contribution in [0.5, 0.6) is 0 Å². The van der Waals surface area contributed by atoms with Gasteiger partial charge in [-0.3, -0.25) is 4.79 Å². The fourth-order valence-corrected chi connectivity index (χ4v) is 3.61. The van der Waals surface area contributed by atoms with E-state index in [2.05, 4.69) is 10.2 Å². The summed E-state index contributed by atoms with van der Waals surface area (Å²) < 4.78 is 25.1. The van der Waals surface area contributed by atoms with Crippen LogP contribution in [0.3, 0.4) is 0 Å². The molecule has 2 aromatic carbocycles. The van der Waals surface area contributed by atoms with E-state index in [0.717, 1.165) is 18.7 Å². The number of halogens is 1. The number of carbonyl (C=O) groups is 1. The molecule has 0 saturated carbocycles. The molecule has 1 atom stereocenters. The summed E-state index contributed by atoms with van der Waals surface area (Å²) in [6.45, 7) is 6.81. The summed E-state index contributed by atoms with van der Waals surface area (Å²) in [6.07, 6.45) is 0.337. The lowest BCUT2D eigenvalue weighted by molar-refractivity contribution is 0.0509. The number of rotatable bonds is 2. The van der Waals surface area contributed by atoms with Crippen LogP contribution in [-0.2, 0) is 4.74 Å². The summed E-state index contributed by atoms with van der Waals surface area (Å²) in [7, 11) is 0. The van der Waals surface area contributed by atoms with Crippen molar-refractivity contribution in [3.05, 3.63) is 52.4 Å². The molecule has 1 fully saturated rings. The number of nitrogens with zero attached hydrogens (tertiary/aromatic N) is 1. The Bertz CT molecular complexity index is 1150. The van der Waals surface area contributed by atoms with Crippen LogP contribution < -0.4 is 15.6 Å².